The number of rotatable bonds is 7. The second-order valence-corrected chi connectivity index (χ2v) is 7.60. The van der Waals surface area contributed by atoms with Crippen LogP contribution >= 0.6 is 11.6 Å². The van der Waals surface area contributed by atoms with Gasteiger partial charge in [-0.15, -0.1) is 0 Å². The minimum atomic E-state index is -0.286. The Morgan fingerprint density at radius 2 is 1.64 bits per heavy atom. The molecule has 1 fully saturated rings. The summed E-state index contributed by atoms with van der Waals surface area (Å²) in [5, 5.41) is 0.675. The van der Waals surface area contributed by atoms with Gasteiger partial charge in [-0.3, -0.25) is 14.5 Å². The molecular weight excluding hydrogens is 374 g/mol. The first-order chi connectivity index (χ1) is 13.5. The van der Waals surface area contributed by atoms with Crippen molar-refractivity contribution in [3.63, 3.8) is 0 Å². The highest BCUT2D eigenvalue weighted by Crippen LogP contribution is 2.30. The number of carbonyl (C=O) groups is 2. The molecule has 2 aromatic carbocycles. The number of nitrogens with zero attached hydrogens (tertiary/aromatic N) is 2. The minimum Gasteiger partial charge on any atom is -0.370 e. The Kier molecular flexibility index (Phi) is 7.06. The summed E-state index contributed by atoms with van der Waals surface area (Å²) in [7, 11) is 0. The number of amides is 2. The van der Waals surface area contributed by atoms with Crippen LogP contribution in [0.2, 0.25) is 5.02 Å². The lowest BCUT2D eigenvalue weighted by Crippen LogP contribution is -2.49. The largest absolute Gasteiger partial charge is 0.370 e. The molecule has 1 atom stereocenters. The van der Waals surface area contributed by atoms with E-state index in [4.69, 9.17) is 17.3 Å². The number of benzene rings is 2. The van der Waals surface area contributed by atoms with Gasteiger partial charge in [0.15, 0.2) is 0 Å². The maximum absolute atomic E-state index is 13.0. The van der Waals surface area contributed by atoms with Crippen molar-refractivity contribution in [1.29, 1.82) is 0 Å². The Labute approximate surface area is 171 Å². The van der Waals surface area contributed by atoms with Crippen molar-refractivity contribution in [2.75, 3.05) is 32.7 Å². The first kappa shape index (κ1) is 20.4. The molecule has 1 heterocycles. The van der Waals surface area contributed by atoms with Gasteiger partial charge in [0, 0.05) is 56.5 Å². The van der Waals surface area contributed by atoms with Gasteiger partial charge in [0.2, 0.25) is 11.8 Å². The van der Waals surface area contributed by atoms with Crippen LogP contribution in [0.4, 0.5) is 0 Å². The van der Waals surface area contributed by atoms with Gasteiger partial charge < -0.3 is 10.6 Å². The van der Waals surface area contributed by atoms with Gasteiger partial charge in [-0.25, -0.2) is 0 Å². The number of piperazine rings is 1. The predicted octanol–water partition coefficient (Wildman–Crippen LogP) is 2.88. The average Bonchev–Trinajstić information content (AvgIpc) is 2.71. The Bertz CT molecular complexity index is 804. The van der Waals surface area contributed by atoms with Crippen LogP contribution in [-0.2, 0) is 9.59 Å². The second kappa shape index (κ2) is 9.71. The van der Waals surface area contributed by atoms with Crippen molar-refractivity contribution in [3.05, 3.63) is 70.7 Å². The zero-order valence-electron chi connectivity index (χ0n) is 15.9. The highest BCUT2D eigenvalue weighted by atomic mass is 35.5. The molecule has 5 nitrogen and oxygen atoms in total. The van der Waals surface area contributed by atoms with Crippen LogP contribution in [0.3, 0.4) is 0 Å². The Balaban J connectivity index is 1.66. The van der Waals surface area contributed by atoms with Crippen molar-refractivity contribution < 1.29 is 9.59 Å². The van der Waals surface area contributed by atoms with E-state index in [2.05, 4.69) is 17.0 Å². The third-order valence-electron chi connectivity index (χ3n) is 5.23. The smallest absolute Gasteiger partial charge is 0.223 e. The minimum absolute atomic E-state index is 0.0275. The summed E-state index contributed by atoms with van der Waals surface area (Å²) < 4.78 is 0. The molecule has 3 rings (SSSR count). The van der Waals surface area contributed by atoms with Crippen LogP contribution in [0, 0.1) is 0 Å². The van der Waals surface area contributed by atoms with Crippen LogP contribution in [0.1, 0.15) is 29.9 Å². The zero-order valence-corrected chi connectivity index (χ0v) is 16.6. The van der Waals surface area contributed by atoms with E-state index in [1.54, 1.807) is 0 Å². The van der Waals surface area contributed by atoms with Gasteiger partial charge in [-0.2, -0.15) is 0 Å². The van der Waals surface area contributed by atoms with E-state index in [1.165, 1.54) is 0 Å². The summed E-state index contributed by atoms with van der Waals surface area (Å²) in [5.41, 5.74) is 7.38. The lowest BCUT2D eigenvalue weighted by molar-refractivity contribution is -0.133. The van der Waals surface area contributed by atoms with Crippen molar-refractivity contribution in [2.24, 2.45) is 5.73 Å². The zero-order chi connectivity index (χ0) is 19.9. The fraction of sp³-hybridized carbons (Fsp3) is 0.364. The van der Waals surface area contributed by atoms with E-state index in [0.29, 0.717) is 37.5 Å². The van der Waals surface area contributed by atoms with Crippen molar-refractivity contribution in [3.8, 4) is 0 Å². The summed E-state index contributed by atoms with van der Waals surface area (Å²) in [4.78, 5) is 28.1. The van der Waals surface area contributed by atoms with Crippen molar-refractivity contribution >= 4 is 23.4 Å². The quantitative estimate of drug-likeness (QED) is 0.778. The van der Waals surface area contributed by atoms with E-state index in [9.17, 15) is 9.59 Å². The maximum Gasteiger partial charge on any atom is 0.223 e. The predicted molar refractivity (Wildman–Crippen MR) is 111 cm³/mol. The highest BCUT2D eigenvalue weighted by Gasteiger charge is 2.25. The Morgan fingerprint density at radius 3 is 2.29 bits per heavy atom. The summed E-state index contributed by atoms with van der Waals surface area (Å²) in [6.07, 6.45) is 0.768. The first-order valence-electron chi connectivity index (χ1n) is 9.62. The number of halogens is 1. The van der Waals surface area contributed by atoms with Crippen LogP contribution in [0.25, 0.3) is 0 Å². The van der Waals surface area contributed by atoms with Crippen LogP contribution in [0.15, 0.2) is 54.6 Å². The number of nitrogens with two attached hydrogens (primary N) is 1. The summed E-state index contributed by atoms with van der Waals surface area (Å²) in [5.74, 6) is -0.172. The van der Waals surface area contributed by atoms with Gasteiger partial charge in [0.1, 0.15) is 0 Å². The molecular formula is C22H26ClN3O2. The molecule has 0 aliphatic carbocycles. The molecule has 0 spiro atoms. The molecule has 0 radical (unpaired) electrons. The highest BCUT2D eigenvalue weighted by molar-refractivity contribution is 6.30. The molecule has 0 bridgehead atoms. The van der Waals surface area contributed by atoms with Gasteiger partial charge in [0.25, 0.3) is 0 Å². The monoisotopic (exact) mass is 399 g/mol. The summed E-state index contributed by atoms with van der Waals surface area (Å²) >= 11 is 6.20. The van der Waals surface area contributed by atoms with E-state index >= 15 is 0 Å². The number of hydrogen-bond donors (Lipinski definition) is 1. The Morgan fingerprint density at radius 1 is 0.964 bits per heavy atom. The van der Waals surface area contributed by atoms with E-state index < -0.39 is 0 Å². The molecule has 2 amide bonds. The van der Waals surface area contributed by atoms with Crippen LogP contribution in [0.5, 0.6) is 0 Å². The molecule has 0 saturated carbocycles. The number of primary amides is 1. The average molecular weight is 400 g/mol. The molecule has 2 aromatic rings. The third kappa shape index (κ3) is 5.57. The fourth-order valence-electron chi connectivity index (χ4n) is 3.63. The SMILES string of the molecule is NC(=O)CCN1CCN(C(=O)C[C@@H](c2ccccc2)c2cccc(Cl)c2)CC1. The van der Waals surface area contributed by atoms with Crippen LogP contribution < -0.4 is 5.73 Å². The fourth-order valence-corrected chi connectivity index (χ4v) is 3.83. The second-order valence-electron chi connectivity index (χ2n) is 7.16. The van der Waals surface area contributed by atoms with E-state index in [-0.39, 0.29) is 17.7 Å². The molecule has 148 valence electrons. The molecule has 28 heavy (non-hydrogen) atoms. The maximum atomic E-state index is 13.0. The molecule has 2 N–H and O–H groups in total. The topological polar surface area (TPSA) is 66.6 Å². The summed E-state index contributed by atoms with van der Waals surface area (Å²) in [6, 6.07) is 17.8. The lowest BCUT2D eigenvalue weighted by atomic mass is 9.88. The first-order valence-corrected chi connectivity index (χ1v) is 9.99. The Hall–Kier alpha value is -2.37. The molecule has 1 aliphatic heterocycles. The van der Waals surface area contributed by atoms with Crippen LogP contribution in [-0.4, -0.2) is 54.3 Å². The molecule has 1 saturated heterocycles. The van der Waals surface area contributed by atoms with Gasteiger partial charge in [-0.05, 0) is 23.3 Å². The van der Waals surface area contributed by atoms with Gasteiger partial charge in [-0.1, -0.05) is 54.1 Å². The molecule has 1 aliphatic rings. The van der Waals surface area contributed by atoms with Crippen molar-refractivity contribution in [1.82, 2.24) is 9.80 Å². The molecule has 6 heteroatoms. The van der Waals surface area contributed by atoms with Gasteiger partial charge >= 0.3 is 0 Å². The van der Waals surface area contributed by atoms with Crippen molar-refractivity contribution in [2.45, 2.75) is 18.8 Å². The van der Waals surface area contributed by atoms with Gasteiger partial charge in [0.05, 0.1) is 0 Å². The molecule has 0 aromatic heterocycles. The normalized spacial score (nSPS) is 16.0. The number of hydrogen-bond acceptors (Lipinski definition) is 3. The summed E-state index contributed by atoms with van der Waals surface area (Å²) in [6.45, 7) is 3.55. The standard InChI is InChI=1S/C22H26ClN3O2/c23-19-8-4-7-18(15-19)20(17-5-2-1-3-6-17)16-22(28)26-13-11-25(12-14-26)10-9-21(24)27/h1-8,15,20H,9-14,16H2,(H2,24,27)/t20-/m0/s1. The number of carbonyl (C=O) groups excluding carboxylic acids is 2. The third-order valence-corrected chi connectivity index (χ3v) is 5.47. The lowest BCUT2D eigenvalue weighted by Gasteiger charge is -2.35. The van der Waals surface area contributed by atoms with E-state index in [1.807, 2.05) is 47.4 Å². The van der Waals surface area contributed by atoms with E-state index in [0.717, 1.165) is 24.2 Å². The molecule has 0 unspecified atom stereocenters.